The Hall–Kier alpha value is -2.24. The highest BCUT2D eigenvalue weighted by Crippen LogP contribution is 2.19. The van der Waals surface area contributed by atoms with Crippen molar-refractivity contribution in [3.05, 3.63) is 0 Å². The summed E-state index contributed by atoms with van der Waals surface area (Å²) in [6.07, 6.45) is 20.9. The fourth-order valence-electron chi connectivity index (χ4n) is 8.77. The first-order valence-corrected chi connectivity index (χ1v) is 29.0. The Labute approximate surface area is 432 Å². The second-order valence-corrected chi connectivity index (χ2v) is 23.4. The molecule has 0 spiro atoms. The lowest BCUT2D eigenvalue weighted by molar-refractivity contribution is -0.146. The quantitative estimate of drug-likeness (QED) is 0.0429. The lowest BCUT2D eigenvalue weighted by Gasteiger charge is -2.25. The molecule has 0 aliphatic carbocycles. The zero-order valence-electron chi connectivity index (χ0n) is 48.3. The summed E-state index contributed by atoms with van der Waals surface area (Å²) in [4.78, 5) is 58.1. The Morgan fingerprint density at radius 1 is 0.300 bits per heavy atom. The first-order chi connectivity index (χ1) is 33.2. The maximum absolute atomic E-state index is 12.8. The van der Waals surface area contributed by atoms with Crippen molar-refractivity contribution in [1.29, 1.82) is 0 Å². The van der Waals surface area contributed by atoms with Gasteiger partial charge in [-0.2, -0.15) is 0 Å². The number of esters is 4. The average Bonchev–Trinajstić information content (AvgIpc) is 3.27. The number of ether oxygens (including phenoxy) is 4. The van der Waals surface area contributed by atoms with Gasteiger partial charge in [-0.05, 0) is 119 Å². The van der Waals surface area contributed by atoms with Gasteiger partial charge in [0.15, 0.2) is 0 Å². The molecule has 0 aromatic carbocycles. The highest BCUT2D eigenvalue weighted by atomic mass is 16.5. The van der Waals surface area contributed by atoms with Crippen molar-refractivity contribution in [1.82, 2.24) is 14.7 Å². The predicted octanol–water partition coefficient (Wildman–Crippen LogP) is 13.4. The molecule has 0 aliphatic rings. The number of nitrogens with zero attached hydrogens (tertiary/aromatic N) is 3. The van der Waals surface area contributed by atoms with Crippen LogP contribution >= 0.6 is 0 Å². The van der Waals surface area contributed by atoms with Crippen LogP contribution in [0.1, 0.15) is 224 Å². The molecule has 0 N–H and O–H groups in total. The van der Waals surface area contributed by atoms with Gasteiger partial charge in [0.1, 0.15) is 0 Å². The van der Waals surface area contributed by atoms with Gasteiger partial charge in [0, 0.05) is 26.2 Å². The van der Waals surface area contributed by atoms with Gasteiger partial charge in [-0.25, -0.2) is 0 Å². The molecule has 0 saturated carbocycles. The molecular formula is C59H115N3O8. The van der Waals surface area contributed by atoms with E-state index in [1.54, 1.807) is 0 Å². The van der Waals surface area contributed by atoms with Crippen molar-refractivity contribution >= 4 is 23.9 Å². The van der Waals surface area contributed by atoms with Gasteiger partial charge in [-0.3, -0.25) is 19.2 Å². The molecule has 0 saturated heterocycles. The molecule has 0 amide bonds. The molecule has 4 atom stereocenters. The van der Waals surface area contributed by atoms with Crippen molar-refractivity contribution in [2.45, 2.75) is 224 Å². The molecule has 414 valence electrons. The predicted molar refractivity (Wildman–Crippen MR) is 292 cm³/mol. The fraction of sp³-hybridized carbons (Fsp3) is 0.932. The minimum absolute atomic E-state index is 0.180. The van der Waals surface area contributed by atoms with Crippen LogP contribution in [0.25, 0.3) is 0 Å². The Morgan fingerprint density at radius 3 is 0.743 bits per heavy atom. The summed E-state index contributed by atoms with van der Waals surface area (Å²) in [6, 6.07) is 0. The SMILES string of the molecule is CC(C)CCCC(C)CCOC(=O)CCN(CCCN(C)CCCN(CCC(=O)OCCC(C)CCCC(C)C)CCC(=O)OCCC(C)CCCC(C)C)CCC(=O)OCCC(C)CCCC(C)C. The Bertz CT molecular complexity index is 1100. The van der Waals surface area contributed by atoms with E-state index in [4.69, 9.17) is 18.9 Å². The van der Waals surface area contributed by atoms with E-state index in [1.165, 1.54) is 51.4 Å². The van der Waals surface area contributed by atoms with E-state index < -0.39 is 0 Å². The van der Waals surface area contributed by atoms with E-state index in [0.717, 1.165) is 90.4 Å². The highest BCUT2D eigenvalue weighted by molar-refractivity contribution is 5.71. The van der Waals surface area contributed by atoms with Gasteiger partial charge >= 0.3 is 23.9 Å². The molecule has 0 bridgehead atoms. The zero-order valence-corrected chi connectivity index (χ0v) is 48.3. The largest absolute Gasteiger partial charge is 0.466 e. The number of carbonyl (C=O) groups is 4. The van der Waals surface area contributed by atoms with Crippen LogP contribution in [0.2, 0.25) is 0 Å². The molecule has 11 heteroatoms. The minimum atomic E-state index is -0.180. The van der Waals surface area contributed by atoms with Crippen molar-refractivity contribution in [3.63, 3.8) is 0 Å². The normalized spacial score (nSPS) is 13.8. The summed E-state index contributed by atoms with van der Waals surface area (Å²) < 4.78 is 22.7. The smallest absolute Gasteiger partial charge is 0.307 e. The van der Waals surface area contributed by atoms with Gasteiger partial charge in [-0.1, -0.05) is 160 Å². The van der Waals surface area contributed by atoms with Crippen LogP contribution in [0.5, 0.6) is 0 Å². The molecule has 70 heavy (non-hydrogen) atoms. The lowest BCUT2D eigenvalue weighted by atomic mass is 9.98. The monoisotopic (exact) mass is 994 g/mol. The van der Waals surface area contributed by atoms with Crippen LogP contribution in [-0.2, 0) is 38.1 Å². The molecule has 0 aromatic rings. The van der Waals surface area contributed by atoms with Crippen LogP contribution in [0, 0.1) is 47.3 Å². The van der Waals surface area contributed by atoms with Gasteiger partial charge in [0.05, 0.1) is 52.1 Å². The summed E-state index contributed by atoms with van der Waals surface area (Å²) in [7, 11) is 2.12. The second kappa shape index (κ2) is 44.3. The van der Waals surface area contributed by atoms with Crippen molar-refractivity contribution in [2.24, 2.45) is 47.3 Å². The van der Waals surface area contributed by atoms with Crippen LogP contribution in [0.3, 0.4) is 0 Å². The van der Waals surface area contributed by atoms with Crippen LogP contribution in [0.4, 0.5) is 0 Å². The Morgan fingerprint density at radius 2 is 0.529 bits per heavy atom. The van der Waals surface area contributed by atoms with E-state index in [1.807, 2.05) is 0 Å². The third-order valence-corrected chi connectivity index (χ3v) is 14.0. The summed E-state index contributed by atoms with van der Waals surface area (Å²) in [5.41, 5.74) is 0. The lowest BCUT2D eigenvalue weighted by Crippen LogP contribution is -2.34. The van der Waals surface area contributed by atoms with Gasteiger partial charge < -0.3 is 33.6 Å². The highest BCUT2D eigenvalue weighted by Gasteiger charge is 2.17. The summed E-state index contributed by atoms with van der Waals surface area (Å²) >= 11 is 0. The number of hydrogen-bond donors (Lipinski definition) is 0. The third-order valence-electron chi connectivity index (χ3n) is 14.0. The first-order valence-electron chi connectivity index (χ1n) is 29.0. The zero-order chi connectivity index (χ0) is 52.5. The Kier molecular flexibility index (Phi) is 42.8. The van der Waals surface area contributed by atoms with Crippen molar-refractivity contribution in [2.75, 3.05) is 85.8 Å². The topological polar surface area (TPSA) is 115 Å². The van der Waals surface area contributed by atoms with E-state index >= 15 is 0 Å². The van der Waals surface area contributed by atoms with Gasteiger partial charge in [-0.15, -0.1) is 0 Å². The average molecular weight is 995 g/mol. The molecule has 0 rings (SSSR count). The minimum Gasteiger partial charge on any atom is -0.466 e. The molecule has 0 heterocycles. The van der Waals surface area contributed by atoms with Gasteiger partial charge in [0.2, 0.25) is 0 Å². The second-order valence-electron chi connectivity index (χ2n) is 23.4. The maximum atomic E-state index is 12.8. The summed E-state index contributed by atoms with van der Waals surface area (Å²) in [5, 5.41) is 0. The van der Waals surface area contributed by atoms with Crippen LogP contribution in [-0.4, -0.2) is 124 Å². The molecule has 0 aliphatic heterocycles. The molecule has 0 fully saturated rings. The number of carbonyl (C=O) groups excluding carboxylic acids is 4. The van der Waals surface area contributed by atoms with E-state index in [0.29, 0.717) is 126 Å². The molecule has 4 unspecified atom stereocenters. The van der Waals surface area contributed by atoms with E-state index in [-0.39, 0.29) is 23.9 Å². The van der Waals surface area contributed by atoms with Crippen molar-refractivity contribution < 1.29 is 38.1 Å². The van der Waals surface area contributed by atoms with E-state index in [9.17, 15) is 19.2 Å². The Balaban J connectivity index is 5.24. The maximum Gasteiger partial charge on any atom is 0.307 e. The molecule has 0 radical (unpaired) electrons. The summed E-state index contributed by atoms with van der Waals surface area (Å²) in [6.45, 7) is 34.3. The van der Waals surface area contributed by atoms with Crippen LogP contribution in [0.15, 0.2) is 0 Å². The number of rotatable bonds is 48. The number of hydrogen-bond acceptors (Lipinski definition) is 11. The first kappa shape index (κ1) is 67.8. The van der Waals surface area contributed by atoms with Gasteiger partial charge in [0.25, 0.3) is 0 Å². The standard InChI is InChI=1S/C59H115N3O8/c1-48(2)20-14-24-52(9)32-44-67-56(63)28-40-61(41-29-57(64)68-45-33-53(10)25-15-21-49(3)4)38-18-36-60(13)37-19-39-62(42-30-58(65)69-46-34-54(11)26-16-22-50(5)6)43-31-59(66)70-47-35-55(12)27-17-23-51(7)8/h48-55H,14-47H2,1-13H3. The summed E-state index contributed by atoms with van der Waals surface area (Å²) in [5.74, 6) is 4.27. The van der Waals surface area contributed by atoms with E-state index in [2.05, 4.69) is 105 Å². The third kappa shape index (κ3) is 45.6. The van der Waals surface area contributed by atoms with Crippen LogP contribution < -0.4 is 0 Å². The van der Waals surface area contributed by atoms with Crippen molar-refractivity contribution in [3.8, 4) is 0 Å². The molecule has 0 aromatic heterocycles. The molecule has 11 nitrogen and oxygen atoms in total. The fourth-order valence-corrected chi connectivity index (χ4v) is 8.77. The molecular weight excluding hydrogens is 879 g/mol.